The third-order valence-corrected chi connectivity index (χ3v) is 2.74. The third kappa shape index (κ3) is 1.62. The number of aromatic nitrogens is 6. The van der Waals surface area contributed by atoms with Crippen LogP contribution in [0.5, 0.6) is 0 Å². The van der Waals surface area contributed by atoms with E-state index in [9.17, 15) is 0 Å². The van der Waals surface area contributed by atoms with Crippen LogP contribution in [0.3, 0.4) is 0 Å². The van der Waals surface area contributed by atoms with Crippen molar-refractivity contribution in [2.45, 2.75) is 20.3 Å². The number of rotatable bonds is 2. The summed E-state index contributed by atoms with van der Waals surface area (Å²) in [4.78, 5) is 0. The Morgan fingerprint density at radius 3 is 1.53 bits per heavy atom. The van der Waals surface area contributed by atoms with Gasteiger partial charge in [-0.05, 0) is 13.8 Å². The van der Waals surface area contributed by atoms with Crippen LogP contribution in [0.4, 0.5) is 0 Å². The fourth-order valence-corrected chi connectivity index (χ4v) is 1.38. The van der Waals surface area contributed by atoms with Crippen LogP contribution in [0.1, 0.15) is 22.8 Å². The Balaban J connectivity index is 2.29. The molecule has 0 aliphatic rings. The van der Waals surface area contributed by atoms with E-state index in [4.69, 9.17) is 0 Å². The van der Waals surface area contributed by atoms with Crippen LogP contribution in [-0.4, -0.2) is 30.0 Å². The maximum atomic E-state index is 4.10. The molecule has 0 spiro atoms. The van der Waals surface area contributed by atoms with Gasteiger partial charge in [0.15, 0.2) is 0 Å². The van der Waals surface area contributed by atoms with Gasteiger partial charge in [-0.3, -0.25) is 9.36 Å². The normalized spacial score (nSPS) is 10.9. The average Bonchev–Trinajstić information content (AvgIpc) is 2.68. The Kier molecular flexibility index (Phi) is 2.26. The molecule has 6 heteroatoms. The van der Waals surface area contributed by atoms with E-state index in [0.717, 1.165) is 22.8 Å². The Bertz CT molecular complexity index is 437. The molecule has 0 saturated carbocycles. The standard InChI is InChI=1S/C9H14N6/c1-6-8(10-12-14(6)3)5-9-7(2)15(4)13-11-9/h5H2,1-4H3. The molecule has 2 aromatic rings. The molecule has 2 heterocycles. The minimum Gasteiger partial charge on any atom is -0.252 e. The zero-order chi connectivity index (χ0) is 11.0. The minimum atomic E-state index is 0.694. The highest BCUT2D eigenvalue weighted by molar-refractivity contribution is 5.19. The minimum absolute atomic E-state index is 0.694. The van der Waals surface area contributed by atoms with Gasteiger partial charge in [-0.15, -0.1) is 10.2 Å². The maximum Gasteiger partial charge on any atom is 0.0917 e. The second kappa shape index (κ2) is 3.45. The van der Waals surface area contributed by atoms with E-state index in [-0.39, 0.29) is 0 Å². The first-order chi connectivity index (χ1) is 7.09. The van der Waals surface area contributed by atoms with Crippen LogP contribution in [0.2, 0.25) is 0 Å². The smallest absolute Gasteiger partial charge is 0.0917 e. The molecule has 0 unspecified atom stereocenters. The second-order valence-corrected chi connectivity index (χ2v) is 3.67. The van der Waals surface area contributed by atoms with E-state index >= 15 is 0 Å². The number of hydrogen-bond donors (Lipinski definition) is 0. The number of nitrogens with zero attached hydrogens (tertiary/aromatic N) is 6. The van der Waals surface area contributed by atoms with E-state index in [1.54, 1.807) is 9.36 Å². The van der Waals surface area contributed by atoms with E-state index in [1.807, 2.05) is 27.9 Å². The zero-order valence-electron chi connectivity index (χ0n) is 9.39. The molecule has 15 heavy (non-hydrogen) atoms. The Hall–Kier alpha value is -1.72. The van der Waals surface area contributed by atoms with Gasteiger partial charge in [0.2, 0.25) is 0 Å². The predicted octanol–water partition coefficient (Wildman–Crippen LogP) is 0.151. The molecule has 2 aromatic heterocycles. The molecule has 0 N–H and O–H groups in total. The van der Waals surface area contributed by atoms with Crippen molar-refractivity contribution >= 4 is 0 Å². The van der Waals surface area contributed by atoms with Crippen molar-refractivity contribution in [1.82, 2.24) is 30.0 Å². The van der Waals surface area contributed by atoms with Crippen molar-refractivity contribution in [1.29, 1.82) is 0 Å². The van der Waals surface area contributed by atoms with Crippen LogP contribution in [0, 0.1) is 13.8 Å². The first kappa shape index (κ1) is 9.82. The number of hydrogen-bond acceptors (Lipinski definition) is 4. The summed E-state index contributed by atoms with van der Waals surface area (Å²) in [6.07, 6.45) is 0.694. The van der Waals surface area contributed by atoms with Gasteiger partial charge in [0, 0.05) is 20.5 Å². The fraction of sp³-hybridized carbons (Fsp3) is 0.556. The van der Waals surface area contributed by atoms with Gasteiger partial charge in [-0.25, -0.2) is 0 Å². The maximum absolute atomic E-state index is 4.10. The van der Waals surface area contributed by atoms with Gasteiger partial charge in [-0.1, -0.05) is 10.4 Å². The molecule has 0 aromatic carbocycles. The molecule has 0 radical (unpaired) electrons. The van der Waals surface area contributed by atoms with E-state index in [0.29, 0.717) is 6.42 Å². The van der Waals surface area contributed by atoms with Crippen molar-refractivity contribution < 1.29 is 0 Å². The third-order valence-electron chi connectivity index (χ3n) is 2.74. The first-order valence-electron chi connectivity index (χ1n) is 4.80. The summed E-state index contributed by atoms with van der Waals surface area (Å²) in [7, 11) is 3.77. The molecule has 0 bridgehead atoms. The highest BCUT2D eigenvalue weighted by Crippen LogP contribution is 2.10. The summed E-state index contributed by atoms with van der Waals surface area (Å²) < 4.78 is 3.53. The van der Waals surface area contributed by atoms with Crippen LogP contribution < -0.4 is 0 Å². The molecule has 0 aliphatic heterocycles. The largest absolute Gasteiger partial charge is 0.252 e. The lowest BCUT2D eigenvalue weighted by Crippen LogP contribution is -1.98. The van der Waals surface area contributed by atoms with Crippen molar-refractivity contribution in [2.75, 3.05) is 0 Å². The van der Waals surface area contributed by atoms with Crippen LogP contribution in [-0.2, 0) is 20.5 Å². The molecular formula is C9H14N6. The van der Waals surface area contributed by atoms with Gasteiger partial charge in [0.1, 0.15) is 0 Å². The lowest BCUT2D eigenvalue weighted by molar-refractivity contribution is 0.696. The molecular weight excluding hydrogens is 192 g/mol. The topological polar surface area (TPSA) is 61.4 Å². The lowest BCUT2D eigenvalue weighted by Gasteiger charge is -1.97. The van der Waals surface area contributed by atoms with E-state index in [1.165, 1.54) is 0 Å². The van der Waals surface area contributed by atoms with E-state index in [2.05, 4.69) is 20.6 Å². The zero-order valence-corrected chi connectivity index (χ0v) is 9.39. The fourth-order valence-electron chi connectivity index (χ4n) is 1.38. The summed E-state index contributed by atoms with van der Waals surface area (Å²) in [5.74, 6) is 0. The quantitative estimate of drug-likeness (QED) is 0.701. The highest BCUT2D eigenvalue weighted by Gasteiger charge is 2.11. The second-order valence-electron chi connectivity index (χ2n) is 3.67. The van der Waals surface area contributed by atoms with Gasteiger partial charge in [0.25, 0.3) is 0 Å². The van der Waals surface area contributed by atoms with Crippen molar-refractivity contribution in [3.8, 4) is 0 Å². The van der Waals surface area contributed by atoms with E-state index < -0.39 is 0 Å². The van der Waals surface area contributed by atoms with Crippen LogP contribution >= 0.6 is 0 Å². The SMILES string of the molecule is Cc1c(Cc2nnn(C)c2C)nnn1C. The first-order valence-corrected chi connectivity index (χ1v) is 4.80. The Morgan fingerprint density at radius 1 is 0.867 bits per heavy atom. The molecule has 0 fully saturated rings. The predicted molar refractivity (Wildman–Crippen MR) is 54.3 cm³/mol. The summed E-state index contributed by atoms with van der Waals surface area (Å²) in [5, 5.41) is 16.1. The molecule has 0 aliphatic carbocycles. The van der Waals surface area contributed by atoms with Gasteiger partial charge < -0.3 is 0 Å². The van der Waals surface area contributed by atoms with Gasteiger partial charge in [0.05, 0.1) is 22.8 Å². The molecule has 0 amide bonds. The highest BCUT2D eigenvalue weighted by atomic mass is 15.4. The summed E-state index contributed by atoms with van der Waals surface area (Å²) in [6, 6.07) is 0. The molecule has 80 valence electrons. The molecule has 2 rings (SSSR count). The Morgan fingerprint density at radius 2 is 1.27 bits per heavy atom. The summed E-state index contributed by atoms with van der Waals surface area (Å²) in [6.45, 7) is 4.00. The summed E-state index contributed by atoms with van der Waals surface area (Å²) in [5.41, 5.74) is 4.06. The van der Waals surface area contributed by atoms with Crippen LogP contribution in [0.25, 0.3) is 0 Å². The van der Waals surface area contributed by atoms with Gasteiger partial charge in [-0.2, -0.15) is 0 Å². The van der Waals surface area contributed by atoms with Crippen LogP contribution in [0.15, 0.2) is 0 Å². The molecule has 0 atom stereocenters. The monoisotopic (exact) mass is 206 g/mol. The lowest BCUT2D eigenvalue weighted by atomic mass is 10.2. The number of aryl methyl sites for hydroxylation is 2. The Labute approximate surface area is 87.9 Å². The average molecular weight is 206 g/mol. The van der Waals surface area contributed by atoms with Gasteiger partial charge >= 0.3 is 0 Å². The van der Waals surface area contributed by atoms with Crippen molar-refractivity contribution in [3.63, 3.8) is 0 Å². The van der Waals surface area contributed by atoms with Crippen molar-refractivity contribution in [3.05, 3.63) is 22.8 Å². The summed E-state index contributed by atoms with van der Waals surface area (Å²) >= 11 is 0. The van der Waals surface area contributed by atoms with Crippen molar-refractivity contribution in [2.24, 2.45) is 14.1 Å². The molecule has 6 nitrogen and oxygen atoms in total. The molecule has 0 saturated heterocycles.